The molecule has 1 saturated heterocycles. The van der Waals surface area contributed by atoms with Crippen LogP contribution >= 0.6 is 0 Å². The minimum absolute atomic E-state index is 0.486. The highest BCUT2D eigenvalue weighted by molar-refractivity contribution is 6.02. The quantitative estimate of drug-likeness (QED) is 0.531. The fourth-order valence-corrected chi connectivity index (χ4v) is 1.95. The van der Waals surface area contributed by atoms with Crippen molar-refractivity contribution in [3.8, 4) is 0 Å². The third kappa shape index (κ3) is 2.54. The number of rotatable bonds is 1. The smallest absolute Gasteiger partial charge is 0.134 e. The maximum atomic E-state index is 9.34. The number of piperazine rings is 1. The van der Waals surface area contributed by atoms with E-state index in [4.69, 9.17) is 5.73 Å². The van der Waals surface area contributed by atoms with Crippen LogP contribution in [0.3, 0.4) is 0 Å². The van der Waals surface area contributed by atoms with Gasteiger partial charge < -0.3 is 15.8 Å². The lowest BCUT2D eigenvalue weighted by atomic mass is 10.2. The van der Waals surface area contributed by atoms with Gasteiger partial charge in [0.05, 0.1) is 5.56 Å². The molecule has 0 radical (unpaired) electrons. The molecule has 2 rings (SSSR count). The SMILES string of the molecule is CN=C(c1cccnc1N)N1CCN(O)CC1. The molecule has 0 bridgehead atoms. The molecule has 0 amide bonds. The van der Waals surface area contributed by atoms with E-state index in [1.54, 1.807) is 13.2 Å². The number of hydrogen-bond acceptors (Lipinski definition) is 5. The molecule has 6 heteroatoms. The van der Waals surface area contributed by atoms with E-state index in [2.05, 4.69) is 14.9 Å². The van der Waals surface area contributed by atoms with Crippen molar-refractivity contribution in [3.05, 3.63) is 23.9 Å². The summed E-state index contributed by atoms with van der Waals surface area (Å²) in [6.45, 7) is 2.69. The van der Waals surface area contributed by atoms with E-state index >= 15 is 0 Å². The van der Waals surface area contributed by atoms with Crippen molar-refractivity contribution in [2.24, 2.45) is 4.99 Å². The van der Waals surface area contributed by atoms with Crippen molar-refractivity contribution in [3.63, 3.8) is 0 Å². The van der Waals surface area contributed by atoms with Crippen molar-refractivity contribution in [1.82, 2.24) is 14.9 Å². The summed E-state index contributed by atoms with van der Waals surface area (Å²) in [4.78, 5) is 10.5. The van der Waals surface area contributed by atoms with E-state index in [0.717, 1.165) is 24.5 Å². The zero-order valence-corrected chi connectivity index (χ0v) is 9.87. The highest BCUT2D eigenvalue weighted by Gasteiger charge is 2.20. The minimum Gasteiger partial charge on any atom is -0.383 e. The summed E-state index contributed by atoms with van der Waals surface area (Å²) in [5.41, 5.74) is 6.70. The van der Waals surface area contributed by atoms with Gasteiger partial charge in [-0.1, -0.05) is 0 Å². The first-order valence-corrected chi connectivity index (χ1v) is 5.59. The van der Waals surface area contributed by atoms with Crippen LogP contribution in [-0.4, -0.2) is 59.2 Å². The zero-order valence-electron chi connectivity index (χ0n) is 9.87. The topological polar surface area (TPSA) is 78.0 Å². The van der Waals surface area contributed by atoms with E-state index < -0.39 is 0 Å². The van der Waals surface area contributed by atoms with Crippen LogP contribution in [0.15, 0.2) is 23.3 Å². The summed E-state index contributed by atoms with van der Waals surface area (Å²) < 4.78 is 0. The van der Waals surface area contributed by atoms with Crippen molar-refractivity contribution >= 4 is 11.7 Å². The molecule has 1 fully saturated rings. The number of anilines is 1. The van der Waals surface area contributed by atoms with Crippen LogP contribution < -0.4 is 5.73 Å². The largest absolute Gasteiger partial charge is 0.383 e. The van der Waals surface area contributed by atoms with Crippen LogP contribution in [-0.2, 0) is 0 Å². The van der Waals surface area contributed by atoms with Gasteiger partial charge in [-0.3, -0.25) is 4.99 Å². The maximum Gasteiger partial charge on any atom is 0.134 e. The van der Waals surface area contributed by atoms with Crippen LogP contribution in [0.4, 0.5) is 5.82 Å². The molecule has 92 valence electrons. The molecular weight excluding hydrogens is 218 g/mol. The second-order valence-corrected chi connectivity index (χ2v) is 3.92. The average molecular weight is 235 g/mol. The van der Waals surface area contributed by atoms with Gasteiger partial charge in [0, 0.05) is 39.4 Å². The molecule has 0 saturated carbocycles. The summed E-state index contributed by atoms with van der Waals surface area (Å²) in [6, 6.07) is 3.76. The van der Waals surface area contributed by atoms with Crippen molar-refractivity contribution in [2.45, 2.75) is 0 Å². The van der Waals surface area contributed by atoms with E-state index in [1.165, 1.54) is 5.06 Å². The van der Waals surface area contributed by atoms with Gasteiger partial charge in [0.1, 0.15) is 11.7 Å². The summed E-state index contributed by atoms with van der Waals surface area (Å²) in [6.07, 6.45) is 1.66. The predicted molar refractivity (Wildman–Crippen MR) is 66.0 cm³/mol. The Hall–Kier alpha value is -1.66. The first kappa shape index (κ1) is 11.8. The number of nitrogens with two attached hydrogens (primary N) is 1. The Morgan fingerprint density at radius 3 is 2.71 bits per heavy atom. The number of hydroxylamine groups is 2. The molecule has 2 heterocycles. The summed E-state index contributed by atoms with van der Waals surface area (Å²) >= 11 is 0. The van der Waals surface area contributed by atoms with Gasteiger partial charge in [-0.25, -0.2) is 4.98 Å². The highest BCUT2D eigenvalue weighted by atomic mass is 16.5. The lowest BCUT2D eigenvalue weighted by Gasteiger charge is -2.33. The number of aromatic nitrogens is 1. The Labute approximate surface area is 100 Å². The second kappa shape index (κ2) is 5.11. The molecule has 0 spiro atoms. The van der Waals surface area contributed by atoms with Crippen LogP contribution in [0.1, 0.15) is 5.56 Å². The summed E-state index contributed by atoms with van der Waals surface area (Å²) in [7, 11) is 1.74. The highest BCUT2D eigenvalue weighted by Crippen LogP contribution is 2.13. The average Bonchev–Trinajstić information content (AvgIpc) is 2.35. The Morgan fingerprint density at radius 2 is 2.12 bits per heavy atom. The first-order chi connectivity index (χ1) is 8.22. The number of hydrogen-bond donors (Lipinski definition) is 2. The van der Waals surface area contributed by atoms with Gasteiger partial charge in [0.25, 0.3) is 0 Å². The van der Waals surface area contributed by atoms with E-state index in [0.29, 0.717) is 18.9 Å². The van der Waals surface area contributed by atoms with Crippen LogP contribution in [0, 0.1) is 0 Å². The van der Waals surface area contributed by atoms with Crippen LogP contribution in [0.5, 0.6) is 0 Å². The third-order valence-electron chi connectivity index (χ3n) is 2.85. The van der Waals surface area contributed by atoms with Crippen LogP contribution in [0.25, 0.3) is 0 Å². The second-order valence-electron chi connectivity index (χ2n) is 3.92. The molecule has 17 heavy (non-hydrogen) atoms. The number of amidine groups is 1. The molecule has 1 aliphatic rings. The summed E-state index contributed by atoms with van der Waals surface area (Å²) in [5, 5.41) is 10.7. The Balaban J connectivity index is 2.21. The van der Waals surface area contributed by atoms with Gasteiger partial charge in [-0.05, 0) is 12.1 Å². The number of pyridine rings is 1. The fraction of sp³-hybridized carbons (Fsp3) is 0.455. The van der Waals surface area contributed by atoms with E-state index in [9.17, 15) is 5.21 Å². The Kier molecular flexibility index (Phi) is 3.55. The van der Waals surface area contributed by atoms with Gasteiger partial charge in [0.2, 0.25) is 0 Å². The summed E-state index contributed by atoms with van der Waals surface area (Å²) in [5.74, 6) is 1.32. The van der Waals surface area contributed by atoms with E-state index in [-0.39, 0.29) is 0 Å². The van der Waals surface area contributed by atoms with Crippen LogP contribution in [0.2, 0.25) is 0 Å². The van der Waals surface area contributed by atoms with Crippen molar-refractivity contribution in [1.29, 1.82) is 0 Å². The van der Waals surface area contributed by atoms with Gasteiger partial charge >= 0.3 is 0 Å². The minimum atomic E-state index is 0.486. The lowest BCUT2D eigenvalue weighted by molar-refractivity contribution is -0.109. The lowest BCUT2D eigenvalue weighted by Crippen LogP contribution is -2.47. The molecule has 3 N–H and O–H groups in total. The molecule has 1 aromatic heterocycles. The molecule has 0 aliphatic carbocycles. The molecule has 6 nitrogen and oxygen atoms in total. The maximum absolute atomic E-state index is 9.34. The Morgan fingerprint density at radius 1 is 1.41 bits per heavy atom. The molecule has 1 aromatic rings. The molecule has 1 aliphatic heterocycles. The normalized spacial score (nSPS) is 18.5. The van der Waals surface area contributed by atoms with Crippen molar-refractivity contribution in [2.75, 3.05) is 39.0 Å². The fourth-order valence-electron chi connectivity index (χ4n) is 1.95. The van der Waals surface area contributed by atoms with Gasteiger partial charge in [-0.15, -0.1) is 0 Å². The Bertz CT molecular complexity index is 412. The van der Waals surface area contributed by atoms with E-state index in [1.807, 2.05) is 12.1 Å². The van der Waals surface area contributed by atoms with Gasteiger partial charge in [-0.2, -0.15) is 5.06 Å². The molecule has 0 unspecified atom stereocenters. The standard InChI is InChI=1S/C11H17N5O/c1-13-11(9-3-2-4-14-10(9)12)15-5-7-16(17)8-6-15/h2-4,17H,5-8H2,1H3,(H2,12,14). The number of nitrogen functional groups attached to an aromatic ring is 1. The molecular formula is C11H17N5O. The molecule has 0 aromatic carbocycles. The predicted octanol–water partition coefficient (Wildman–Crippen LogP) is 0.0470. The molecule has 0 atom stereocenters. The van der Waals surface area contributed by atoms with Crippen molar-refractivity contribution < 1.29 is 5.21 Å². The third-order valence-corrected chi connectivity index (χ3v) is 2.85. The monoisotopic (exact) mass is 235 g/mol. The number of nitrogens with zero attached hydrogens (tertiary/aromatic N) is 4. The van der Waals surface area contributed by atoms with Gasteiger partial charge in [0.15, 0.2) is 0 Å². The first-order valence-electron chi connectivity index (χ1n) is 5.59. The zero-order chi connectivity index (χ0) is 12.3. The number of aliphatic imine (C=N–C) groups is 1.